The fourth-order valence-electron chi connectivity index (χ4n) is 2.40. The van der Waals surface area contributed by atoms with Gasteiger partial charge in [0.2, 0.25) is 0 Å². The maximum absolute atomic E-state index is 9.11. The van der Waals surface area contributed by atoms with Gasteiger partial charge >= 0.3 is 0 Å². The molecule has 0 aromatic rings. The van der Waals surface area contributed by atoms with Gasteiger partial charge in [0.1, 0.15) is 0 Å². The topological polar surface area (TPSA) is 65.9 Å². The van der Waals surface area contributed by atoms with E-state index in [2.05, 4.69) is 29.5 Å². The summed E-state index contributed by atoms with van der Waals surface area (Å²) >= 11 is 0. The van der Waals surface area contributed by atoms with E-state index < -0.39 is 0 Å². The molecule has 1 aliphatic rings. The van der Waals surface area contributed by atoms with Crippen LogP contribution < -0.4 is 10.6 Å². The Kier molecular flexibility index (Phi) is 11.1. The summed E-state index contributed by atoms with van der Waals surface area (Å²) in [6, 6.07) is 0. The van der Waals surface area contributed by atoms with Gasteiger partial charge in [-0.2, -0.15) is 0 Å². The van der Waals surface area contributed by atoms with Gasteiger partial charge in [-0.3, -0.25) is 4.99 Å². The molecular formula is C17H35N3O2. The number of ether oxygens (including phenoxy) is 1. The first kappa shape index (κ1) is 19.2. The Morgan fingerprint density at radius 2 is 2.09 bits per heavy atom. The lowest BCUT2D eigenvalue weighted by molar-refractivity contribution is 0.123. The predicted molar refractivity (Wildman–Crippen MR) is 92.2 cm³/mol. The standard InChI is InChI=1S/C17H35N3O2/c1-3-6-15(9-11-21)13-20-17(18-4-2)19-10-5-12-22-14-16-7-8-16/h15-16,21H,3-14H2,1-2H3,(H2,18,19,20). The molecule has 1 aliphatic carbocycles. The molecule has 0 bridgehead atoms. The van der Waals surface area contributed by atoms with E-state index in [4.69, 9.17) is 9.84 Å². The van der Waals surface area contributed by atoms with Gasteiger partial charge in [-0.15, -0.1) is 0 Å². The van der Waals surface area contributed by atoms with Crippen molar-refractivity contribution in [2.24, 2.45) is 16.8 Å². The lowest BCUT2D eigenvalue weighted by Crippen LogP contribution is -2.38. The van der Waals surface area contributed by atoms with Crippen molar-refractivity contribution in [3.63, 3.8) is 0 Å². The molecule has 1 fully saturated rings. The van der Waals surface area contributed by atoms with Crippen LogP contribution in [0, 0.1) is 11.8 Å². The maximum Gasteiger partial charge on any atom is 0.191 e. The van der Waals surface area contributed by atoms with Crippen LogP contribution >= 0.6 is 0 Å². The van der Waals surface area contributed by atoms with E-state index in [-0.39, 0.29) is 6.61 Å². The Labute approximate surface area is 135 Å². The van der Waals surface area contributed by atoms with E-state index in [1.165, 1.54) is 12.8 Å². The summed E-state index contributed by atoms with van der Waals surface area (Å²) in [6.07, 6.45) is 6.81. The highest BCUT2D eigenvalue weighted by molar-refractivity contribution is 5.79. The highest BCUT2D eigenvalue weighted by Crippen LogP contribution is 2.28. The highest BCUT2D eigenvalue weighted by atomic mass is 16.5. The van der Waals surface area contributed by atoms with Crippen LogP contribution in [-0.4, -0.2) is 50.5 Å². The summed E-state index contributed by atoms with van der Waals surface area (Å²) in [4.78, 5) is 4.65. The van der Waals surface area contributed by atoms with Crippen LogP contribution in [0.2, 0.25) is 0 Å². The van der Waals surface area contributed by atoms with E-state index in [1.807, 2.05) is 0 Å². The molecule has 0 amide bonds. The van der Waals surface area contributed by atoms with Gasteiger partial charge in [-0.05, 0) is 50.9 Å². The second-order valence-corrected chi connectivity index (χ2v) is 6.19. The average molecular weight is 313 g/mol. The Balaban J connectivity index is 2.17. The van der Waals surface area contributed by atoms with Crippen LogP contribution in [-0.2, 0) is 4.74 Å². The molecule has 0 aliphatic heterocycles. The fourth-order valence-corrected chi connectivity index (χ4v) is 2.40. The third kappa shape index (κ3) is 10.0. The van der Waals surface area contributed by atoms with Crippen LogP contribution in [0.5, 0.6) is 0 Å². The molecule has 0 heterocycles. The summed E-state index contributed by atoms with van der Waals surface area (Å²) < 4.78 is 5.63. The smallest absolute Gasteiger partial charge is 0.191 e. The van der Waals surface area contributed by atoms with Gasteiger partial charge in [0.15, 0.2) is 5.96 Å². The molecule has 5 heteroatoms. The van der Waals surface area contributed by atoms with Gasteiger partial charge in [0.25, 0.3) is 0 Å². The predicted octanol–water partition coefficient (Wildman–Crippen LogP) is 2.16. The lowest BCUT2D eigenvalue weighted by Gasteiger charge is -2.15. The molecule has 3 N–H and O–H groups in total. The minimum absolute atomic E-state index is 0.252. The van der Waals surface area contributed by atoms with E-state index in [1.54, 1.807) is 0 Å². The molecule has 0 aromatic carbocycles. The Bertz CT molecular complexity index is 288. The zero-order valence-corrected chi connectivity index (χ0v) is 14.4. The summed E-state index contributed by atoms with van der Waals surface area (Å²) in [5.41, 5.74) is 0. The average Bonchev–Trinajstić information content (AvgIpc) is 3.32. The quantitative estimate of drug-likeness (QED) is 0.277. The van der Waals surface area contributed by atoms with Gasteiger partial charge < -0.3 is 20.5 Å². The van der Waals surface area contributed by atoms with E-state index >= 15 is 0 Å². The zero-order valence-electron chi connectivity index (χ0n) is 14.4. The van der Waals surface area contributed by atoms with Crippen molar-refractivity contribution >= 4 is 5.96 Å². The van der Waals surface area contributed by atoms with E-state index in [9.17, 15) is 0 Å². The van der Waals surface area contributed by atoms with Crippen molar-refractivity contribution < 1.29 is 9.84 Å². The number of nitrogens with zero attached hydrogens (tertiary/aromatic N) is 1. The summed E-state index contributed by atoms with van der Waals surface area (Å²) in [5, 5.41) is 15.7. The number of guanidine groups is 1. The molecule has 0 saturated heterocycles. The second-order valence-electron chi connectivity index (χ2n) is 6.19. The van der Waals surface area contributed by atoms with Crippen molar-refractivity contribution in [2.75, 3.05) is 39.5 Å². The number of nitrogens with one attached hydrogen (secondary N) is 2. The number of aliphatic hydroxyl groups excluding tert-OH is 1. The molecule has 1 rings (SSSR count). The zero-order chi connectivity index (χ0) is 16.0. The molecule has 0 aromatic heterocycles. The molecule has 5 nitrogen and oxygen atoms in total. The molecule has 0 radical (unpaired) electrons. The Morgan fingerprint density at radius 1 is 1.27 bits per heavy atom. The number of aliphatic imine (C=N–C) groups is 1. The Morgan fingerprint density at radius 3 is 2.73 bits per heavy atom. The molecule has 1 atom stereocenters. The van der Waals surface area contributed by atoms with Crippen molar-refractivity contribution in [3.05, 3.63) is 0 Å². The number of rotatable bonds is 13. The molecular weight excluding hydrogens is 278 g/mol. The SMILES string of the molecule is CCCC(CCO)CN=C(NCC)NCCCOCC1CC1. The fraction of sp³-hybridized carbons (Fsp3) is 0.941. The van der Waals surface area contributed by atoms with Crippen molar-refractivity contribution in [3.8, 4) is 0 Å². The molecule has 0 spiro atoms. The highest BCUT2D eigenvalue weighted by Gasteiger charge is 2.20. The van der Waals surface area contributed by atoms with Crippen molar-refractivity contribution in [1.82, 2.24) is 10.6 Å². The normalized spacial score (nSPS) is 16.6. The van der Waals surface area contributed by atoms with Gasteiger partial charge in [-0.1, -0.05) is 13.3 Å². The summed E-state index contributed by atoms with van der Waals surface area (Å²) in [6.45, 7) is 8.80. The van der Waals surface area contributed by atoms with Crippen molar-refractivity contribution in [2.45, 2.75) is 52.4 Å². The summed E-state index contributed by atoms with van der Waals surface area (Å²) in [5.74, 6) is 2.20. The molecule has 1 saturated carbocycles. The van der Waals surface area contributed by atoms with Crippen LogP contribution in [0.25, 0.3) is 0 Å². The number of hydrogen-bond acceptors (Lipinski definition) is 3. The number of aliphatic hydroxyl groups is 1. The molecule has 1 unspecified atom stereocenters. The first-order valence-corrected chi connectivity index (χ1v) is 9.00. The van der Waals surface area contributed by atoms with E-state index in [0.717, 1.165) is 70.4 Å². The molecule has 130 valence electrons. The summed E-state index contributed by atoms with van der Waals surface area (Å²) in [7, 11) is 0. The van der Waals surface area contributed by atoms with Crippen molar-refractivity contribution in [1.29, 1.82) is 0 Å². The first-order valence-electron chi connectivity index (χ1n) is 9.00. The third-order valence-corrected chi connectivity index (χ3v) is 3.89. The second kappa shape index (κ2) is 12.7. The number of hydrogen-bond donors (Lipinski definition) is 3. The van der Waals surface area contributed by atoms with E-state index in [0.29, 0.717) is 5.92 Å². The minimum atomic E-state index is 0.252. The maximum atomic E-state index is 9.11. The van der Waals surface area contributed by atoms with Gasteiger partial charge in [0.05, 0.1) is 0 Å². The van der Waals surface area contributed by atoms with Crippen LogP contribution in [0.4, 0.5) is 0 Å². The Hall–Kier alpha value is -0.810. The van der Waals surface area contributed by atoms with Gasteiger partial charge in [0, 0.05) is 39.5 Å². The third-order valence-electron chi connectivity index (χ3n) is 3.89. The monoisotopic (exact) mass is 313 g/mol. The van der Waals surface area contributed by atoms with Gasteiger partial charge in [-0.25, -0.2) is 0 Å². The van der Waals surface area contributed by atoms with Crippen LogP contribution in [0.15, 0.2) is 4.99 Å². The minimum Gasteiger partial charge on any atom is -0.396 e. The van der Waals surface area contributed by atoms with Crippen LogP contribution in [0.3, 0.4) is 0 Å². The van der Waals surface area contributed by atoms with Crippen LogP contribution in [0.1, 0.15) is 52.4 Å². The largest absolute Gasteiger partial charge is 0.396 e. The lowest BCUT2D eigenvalue weighted by atomic mass is 10.0. The first-order chi connectivity index (χ1) is 10.8. The molecule has 22 heavy (non-hydrogen) atoms.